The van der Waals surface area contributed by atoms with Gasteiger partial charge in [0.15, 0.2) is 0 Å². The first kappa shape index (κ1) is 22.2. The molecule has 0 aromatic heterocycles. The molecule has 0 aliphatic carbocycles. The van der Waals surface area contributed by atoms with Crippen LogP contribution in [0.4, 0.5) is 5.69 Å². The molecular weight excluding hydrogens is 352 g/mol. The van der Waals surface area contributed by atoms with Crippen molar-refractivity contribution in [2.24, 2.45) is 0 Å². The lowest BCUT2D eigenvalue weighted by molar-refractivity contribution is -0.122. The maximum atomic E-state index is 12.8. The highest BCUT2D eigenvalue weighted by Crippen LogP contribution is 2.17. The summed E-state index contributed by atoms with van der Waals surface area (Å²) in [4.78, 5) is 31.0. The first-order chi connectivity index (χ1) is 13.6. The average Bonchev–Trinajstić information content (AvgIpc) is 2.73. The Hall–Kier alpha value is -2.08. The fourth-order valence-corrected chi connectivity index (χ4v) is 3.45. The van der Waals surface area contributed by atoms with Gasteiger partial charge in [-0.3, -0.25) is 14.5 Å². The molecule has 2 rings (SSSR count). The molecule has 28 heavy (non-hydrogen) atoms. The number of hydrogen-bond acceptors (Lipinski definition) is 4. The molecule has 0 radical (unpaired) electrons. The summed E-state index contributed by atoms with van der Waals surface area (Å²) in [5.41, 5.74) is 1.92. The van der Waals surface area contributed by atoms with E-state index in [0.29, 0.717) is 19.6 Å². The van der Waals surface area contributed by atoms with Crippen LogP contribution < -0.4 is 10.2 Å². The Balaban J connectivity index is 1.85. The van der Waals surface area contributed by atoms with Gasteiger partial charge in [-0.1, -0.05) is 20.3 Å². The Morgan fingerprint density at radius 3 is 2.25 bits per heavy atom. The van der Waals surface area contributed by atoms with E-state index >= 15 is 0 Å². The normalized spacial score (nSPS) is 14.8. The second-order valence-electron chi connectivity index (χ2n) is 7.40. The molecule has 1 aromatic rings. The van der Waals surface area contributed by atoms with Crippen molar-refractivity contribution in [1.82, 2.24) is 15.1 Å². The highest BCUT2D eigenvalue weighted by atomic mass is 16.2. The third-order valence-electron chi connectivity index (χ3n) is 5.24. The number of nitrogens with zero attached hydrogens (tertiary/aromatic N) is 3. The molecule has 1 fully saturated rings. The number of nitrogens with one attached hydrogen (secondary N) is 1. The zero-order valence-corrected chi connectivity index (χ0v) is 17.7. The summed E-state index contributed by atoms with van der Waals surface area (Å²) in [6.45, 7) is 12.4. The molecule has 0 spiro atoms. The quantitative estimate of drug-likeness (QED) is 0.669. The van der Waals surface area contributed by atoms with Crippen molar-refractivity contribution in [2.45, 2.75) is 40.0 Å². The van der Waals surface area contributed by atoms with Crippen molar-refractivity contribution < 1.29 is 9.59 Å². The van der Waals surface area contributed by atoms with Crippen LogP contribution in [0.2, 0.25) is 0 Å². The molecule has 0 saturated carbocycles. The third-order valence-corrected chi connectivity index (χ3v) is 5.24. The molecule has 1 N–H and O–H groups in total. The fraction of sp³-hybridized carbons (Fsp3) is 0.636. The number of benzene rings is 1. The van der Waals surface area contributed by atoms with Crippen LogP contribution in [0.5, 0.6) is 0 Å². The average molecular weight is 389 g/mol. The van der Waals surface area contributed by atoms with Crippen LogP contribution in [-0.2, 0) is 4.79 Å². The van der Waals surface area contributed by atoms with Crippen molar-refractivity contribution in [3.63, 3.8) is 0 Å². The molecule has 1 aromatic carbocycles. The molecule has 0 atom stereocenters. The zero-order valence-electron chi connectivity index (χ0n) is 17.7. The molecule has 6 heteroatoms. The van der Waals surface area contributed by atoms with Gasteiger partial charge in [0.25, 0.3) is 5.91 Å². The number of anilines is 1. The van der Waals surface area contributed by atoms with Crippen molar-refractivity contribution in [3.05, 3.63) is 29.8 Å². The van der Waals surface area contributed by atoms with Gasteiger partial charge in [-0.05, 0) is 44.0 Å². The number of rotatable bonds is 10. The smallest absolute Gasteiger partial charge is 0.253 e. The van der Waals surface area contributed by atoms with Gasteiger partial charge in [-0.2, -0.15) is 0 Å². The molecule has 1 aliphatic rings. The van der Waals surface area contributed by atoms with Crippen LogP contribution in [0.3, 0.4) is 0 Å². The topological polar surface area (TPSA) is 55.9 Å². The van der Waals surface area contributed by atoms with Gasteiger partial charge < -0.3 is 15.1 Å². The second-order valence-corrected chi connectivity index (χ2v) is 7.40. The Morgan fingerprint density at radius 2 is 1.68 bits per heavy atom. The second kappa shape index (κ2) is 11.7. The Morgan fingerprint density at radius 1 is 1.00 bits per heavy atom. The Kier molecular flexibility index (Phi) is 9.28. The summed E-state index contributed by atoms with van der Waals surface area (Å²) in [6.07, 6.45) is 3.30. The third kappa shape index (κ3) is 6.51. The molecule has 156 valence electrons. The van der Waals surface area contributed by atoms with E-state index in [0.717, 1.165) is 44.7 Å². The minimum atomic E-state index is 0.0702. The van der Waals surface area contributed by atoms with Gasteiger partial charge >= 0.3 is 0 Å². The predicted molar refractivity (Wildman–Crippen MR) is 115 cm³/mol. The van der Waals surface area contributed by atoms with Gasteiger partial charge in [0.1, 0.15) is 0 Å². The van der Waals surface area contributed by atoms with Gasteiger partial charge in [-0.15, -0.1) is 0 Å². The van der Waals surface area contributed by atoms with Gasteiger partial charge in [0.05, 0.1) is 6.54 Å². The highest BCUT2D eigenvalue weighted by molar-refractivity contribution is 5.94. The van der Waals surface area contributed by atoms with Crippen molar-refractivity contribution in [2.75, 3.05) is 57.3 Å². The number of carbonyl (C=O) groups is 2. The monoisotopic (exact) mass is 388 g/mol. The molecule has 1 saturated heterocycles. The first-order valence-electron chi connectivity index (χ1n) is 10.7. The Labute approximate surface area is 169 Å². The van der Waals surface area contributed by atoms with Crippen LogP contribution >= 0.6 is 0 Å². The van der Waals surface area contributed by atoms with Crippen LogP contribution in [-0.4, -0.2) is 74.0 Å². The number of amides is 2. The van der Waals surface area contributed by atoms with Gasteiger partial charge in [0, 0.05) is 57.1 Å². The van der Waals surface area contributed by atoms with E-state index in [2.05, 4.69) is 41.1 Å². The highest BCUT2D eigenvalue weighted by Gasteiger charge is 2.23. The van der Waals surface area contributed by atoms with E-state index in [-0.39, 0.29) is 11.8 Å². The number of hydrogen-bond donors (Lipinski definition) is 1. The van der Waals surface area contributed by atoms with E-state index < -0.39 is 0 Å². The van der Waals surface area contributed by atoms with E-state index in [9.17, 15) is 9.59 Å². The molecule has 2 amide bonds. The van der Waals surface area contributed by atoms with Crippen molar-refractivity contribution in [1.29, 1.82) is 0 Å². The molecule has 1 heterocycles. The van der Waals surface area contributed by atoms with E-state index in [4.69, 9.17) is 0 Å². The summed E-state index contributed by atoms with van der Waals surface area (Å²) >= 11 is 0. The summed E-state index contributed by atoms with van der Waals surface area (Å²) in [6, 6.07) is 8.00. The maximum Gasteiger partial charge on any atom is 0.253 e. The van der Waals surface area contributed by atoms with E-state index in [1.165, 1.54) is 18.5 Å². The maximum absolute atomic E-state index is 12.8. The molecule has 1 aliphatic heterocycles. The SMILES string of the molecule is CCCCN(CC)c1ccc(C(=O)N2CCN(CC(=O)NCCC)CC2)cc1. The number of piperazine rings is 1. The van der Waals surface area contributed by atoms with Crippen LogP contribution in [0.15, 0.2) is 24.3 Å². The lowest BCUT2D eigenvalue weighted by Gasteiger charge is -2.34. The lowest BCUT2D eigenvalue weighted by Crippen LogP contribution is -2.51. The standard InChI is InChI=1S/C22H36N4O2/c1-4-7-13-25(6-3)20-10-8-19(9-11-20)22(28)26-16-14-24(15-17-26)18-21(27)23-12-5-2/h8-11H,4-7,12-18H2,1-3H3,(H,23,27). The van der Waals surface area contributed by atoms with E-state index in [1.807, 2.05) is 24.0 Å². The Bertz CT molecular complexity index is 609. The van der Waals surface area contributed by atoms with E-state index in [1.54, 1.807) is 0 Å². The minimum absolute atomic E-state index is 0.0702. The predicted octanol–water partition coefficient (Wildman–Crippen LogP) is 2.60. The molecule has 6 nitrogen and oxygen atoms in total. The lowest BCUT2D eigenvalue weighted by atomic mass is 10.1. The van der Waals surface area contributed by atoms with Crippen LogP contribution in [0.1, 0.15) is 50.4 Å². The van der Waals surface area contributed by atoms with Gasteiger partial charge in [-0.25, -0.2) is 0 Å². The van der Waals surface area contributed by atoms with Crippen LogP contribution in [0.25, 0.3) is 0 Å². The van der Waals surface area contributed by atoms with Gasteiger partial charge in [0.2, 0.25) is 5.91 Å². The molecular formula is C22H36N4O2. The molecule has 0 bridgehead atoms. The largest absolute Gasteiger partial charge is 0.372 e. The zero-order chi connectivity index (χ0) is 20.4. The first-order valence-corrected chi connectivity index (χ1v) is 10.7. The summed E-state index contributed by atoms with van der Waals surface area (Å²) < 4.78 is 0. The number of carbonyl (C=O) groups excluding carboxylic acids is 2. The molecule has 0 unspecified atom stereocenters. The van der Waals surface area contributed by atoms with Crippen molar-refractivity contribution >= 4 is 17.5 Å². The fourth-order valence-electron chi connectivity index (χ4n) is 3.45. The van der Waals surface area contributed by atoms with Crippen molar-refractivity contribution in [3.8, 4) is 0 Å². The summed E-state index contributed by atoms with van der Waals surface area (Å²) in [5, 5.41) is 2.91. The summed E-state index contributed by atoms with van der Waals surface area (Å²) in [7, 11) is 0. The number of unbranched alkanes of at least 4 members (excludes halogenated alkanes) is 1. The minimum Gasteiger partial charge on any atom is -0.372 e. The van der Waals surface area contributed by atoms with Crippen LogP contribution in [0, 0.1) is 0 Å². The summed E-state index contributed by atoms with van der Waals surface area (Å²) in [5.74, 6) is 0.152.